The van der Waals surface area contributed by atoms with Crippen LogP contribution in [-0.4, -0.2) is 27.8 Å². The minimum Gasteiger partial charge on any atom is -0.370 e. The second kappa shape index (κ2) is 10.2. The summed E-state index contributed by atoms with van der Waals surface area (Å²) in [7, 11) is 0. The number of anilines is 2. The van der Waals surface area contributed by atoms with Crippen LogP contribution in [0.4, 0.5) is 11.4 Å². The van der Waals surface area contributed by atoms with E-state index in [0.717, 1.165) is 52.3 Å². The van der Waals surface area contributed by atoms with Crippen LogP contribution in [0.2, 0.25) is 5.02 Å². The lowest BCUT2D eigenvalue weighted by Gasteiger charge is -2.33. The van der Waals surface area contributed by atoms with Crippen LogP contribution in [0.5, 0.6) is 0 Å². The van der Waals surface area contributed by atoms with Gasteiger partial charge >= 0.3 is 0 Å². The summed E-state index contributed by atoms with van der Waals surface area (Å²) in [6.45, 7) is 4.41. The van der Waals surface area contributed by atoms with Crippen molar-refractivity contribution < 1.29 is 0 Å². The van der Waals surface area contributed by atoms with Crippen molar-refractivity contribution in [2.75, 3.05) is 22.9 Å². The van der Waals surface area contributed by atoms with Gasteiger partial charge in [-0.2, -0.15) is 0 Å². The summed E-state index contributed by atoms with van der Waals surface area (Å²) in [5.41, 5.74) is 5.30. The van der Waals surface area contributed by atoms with Gasteiger partial charge in [0.2, 0.25) is 0 Å². The first-order valence-electron chi connectivity index (χ1n) is 12.9. The van der Waals surface area contributed by atoms with Crippen LogP contribution in [0.1, 0.15) is 43.1 Å². The molecular formula is C30H30ClN5S. The number of pyridine rings is 1. The van der Waals surface area contributed by atoms with Gasteiger partial charge in [-0.1, -0.05) is 42.8 Å². The molecule has 0 radical (unpaired) electrons. The average Bonchev–Trinajstić information content (AvgIpc) is 3.55. The van der Waals surface area contributed by atoms with Crippen molar-refractivity contribution in [3.05, 3.63) is 108 Å². The van der Waals surface area contributed by atoms with E-state index < -0.39 is 0 Å². The molecule has 2 aliphatic heterocycles. The van der Waals surface area contributed by atoms with Crippen LogP contribution in [0.15, 0.2) is 91.4 Å². The molecule has 2 aromatic carbocycles. The fourth-order valence-corrected chi connectivity index (χ4v) is 6.11. The van der Waals surface area contributed by atoms with Crippen LogP contribution in [0.3, 0.4) is 0 Å². The highest BCUT2D eigenvalue weighted by Gasteiger charge is 2.41. The SMILES string of the molecule is CC1CCN(c2ccc(N3C(=S)N[C@H](c4ccccn4)[C@H]3c3ccn(-c4ccccc4)c3)cc2Cl)CC1. The van der Waals surface area contributed by atoms with Gasteiger partial charge in [0.25, 0.3) is 0 Å². The molecule has 2 atom stereocenters. The van der Waals surface area contributed by atoms with E-state index >= 15 is 0 Å². The van der Waals surface area contributed by atoms with Gasteiger partial charge in [-0.15, -0.1) is 0 Å². The van der Waals surface area contributed by atoms with E-state index in [1.54, 1.807) is 0 Å². The summed E-state index contributed by atoms with van der Waals surface area (Å²) in [5, 5.41) is 4.98. The second-order valence-corrected chi connectivity index (χ2v) is 10.8. The molecule has 0 spiro atoms. The highest BCUT2D eigenvalue weighted by molar-refractivity contribution is 7.80. The molecule has 0 amide bonds. The molecule has 6 rings (SSSR count). The third-order valence-electron chi connectivity index (χ3n) is 7.54. The lowest BCUT2D eigenvalue weighted by molar-refractivity contribution is 0.438. The van der Waals surface area contributed by atoms with Gasteiger partial charge in [-0.25, -0.2) is 0 Å². The molecule has 0 aliphatic carbocycles. The predicted octanol–water partition coefficient (Wildman–Crippen LogP) is 6.94. The fraction of sp³-hybridized carbons (Fsp3) is 0.267. The van der Waals surface area contributed by atoms with E-state index in [1.807, 2.05) is 24.4 Å². The lowest BCUT2D eigenvalue weighted by atomic mass is 9.98. The number of aromatic nitrogens is 2. The first kappa shape index (κ1) is 24.0. The Morgan fingerprint density at radius 3 is 2.46 bits per heavy atom. The summed E-state index contributed by atoms with van der Waals surface area (Å²) in [5.74, 6) is 0.773. The molecule has 37 heavy (non-hydrogen) atoms. The maximum absolute atomic E-state index is 6.91. The number of thiocarbonyl (C=S) groups is 1. The quantitative estimate of drug-likeness (QED) is 0.284. The third kappa shape index (κ3) is 4.72. The molecule has 2 fully saturated rings. The van der Waals surface area contributed by atoms with Crippen molar-refractivity contribution in [1.82, 2.24) is 14.9 Å². The Labute approximate surface area is 228 Å². The number of para-hydroxylation sites is 1. The fourth-order valence-electron chi connectivity index (χ4n) is 5.47. The number of rotatable bonds is 5. The van der Waals surface area contributed by atoms with Crippen molar-refractivity contribution in [2.24, 2.45) is 5.92 Å². The third-order valence-corrected chi connectivity index (χ3v) is 8.16. The van der Waals surface area contributed by atoms with Gasteiger partial charge in [0, 0.05) is 43.1 Å². The molecule has 1 N–H and O–H groups in total. The average molecular weight is 528 g/mol. The van der Waals surface area contributed by atoms with Gasteiger partial charge in [0.1, 0.15) is 0 Å². The number of benzene rings is 2. The zero-order valence-electron chi connectivity index (χ0n) is 20.8. The van der Waals surface area contributed by atoms with E-state index in [2.05, 4.69) is 98.6 Å². The molecular weight excluding hydrogens is 498 g/mol. The van der Waals surface area contributed by atoms with Gasteiger partial charge in [-0.05, 0) is 85.1 Å². The number of hydrogen-bond donors (Lipinski definition) is 1. The molecule has 0 unspecified atom stereocenters. The van der Waals surface area contributed by atoms with Gasteiger partial charge < -0.3 is 19.7 Å². The number of nitrogens with one attached hydrogen (secondary N) is 1. The van der Waals surface area contributed by atoms with Gasteiger partial charge in [0.15, 0.2) is 5.11 Å². The molecule has 2 aromatic heterocycles. The van der Waals surface area contributed by atoms with Gasteiger partial charge in [0.05, 0.1) is 28.5 Å². The lowest BCUT2D eigenvalue weighted by Crippen LogP contribution is -2.33. The Hall–Kier alpha value is -3.35. The Morgan fingerprint density at radius 2 is 1.73 bits per heavy atom. The first-order valence-corrected chi connectivity index (χ1v) is 13.7. The topological polar surface area (TPSA) is 36.3 Å². The minimum atomic E-state index is -0.0950. The minimum absolute atomic E-state index is 0.0786. The van der Waals surface area contributed by atoms with Gasteiger partial charge in [-0.3, -0.25) is 4.98 Å². The molecule has 5 nitrogen and oxygen atoms in total. The van der Waals surface area contributed by atoms with Crippen molar-refractivity contribution in [3.63, 3.8) is 0 Å². The molecule has 188 valence electrons. The van der Waals surface area contributed by atoms with Crippen molar-refractivity contribution >= 4 is 40.3 Å². The Morgan fingerprint density at radius 1 is 0.946 bits per heavy atom. The Balaban J connectivity index is 1.38. The van der Waals surface area contributed by atoms with Crippen LogP contribution in [0, 0.1) is 5.92 Å². The highest BCUT2D eigenvalue weighted by Crippen LogP contribution is 2.43. The second-order valence-electron chi connectivity index (χ2n) is 9.99. The van der Waals surface area contributed by atoms with Crippen molar-refractivity contribution in [3.8, 4) is 5.69 Å². The van der Waals surface area contributed by atoms with E-state index in [1.165, 1.54) is 12.8 Å². The Bertz CT molecular complexity index is 1380. The molecule has 4 heterocycles. The Kier molecular flexibility index (Phi) is 6.61. The molecule has 4 aromatic rings. The van der Waals surface area contributed by atoms with E-state index in [9.17, 15) is 0 Å². The van der Waals surface area contributed by atoms with Crippen LogP contribution < -0.4 is 15.1 Å². The number of halogens is 1. The smallest absolute Gasteiger partial charge is 0.174 e. The maximum atomic E-state index is 6.91. The summed E-state index contributed by atoms with van der Waals surface area (Å²) in [6, 6.07) is 24.7. The largest absolute Gasteiger partial charge is 0.370 e. The number of piperidine rings is 1. The number of hydrogen-bond acceptors (Lipinski definition) is 3. The molecule has 0 bridgehead atoms. The molecule has 0 saturated carbocycles. The monoisotopic (exact) mass is 527 g/mol. The number of nitrogens with zero attached hydrogens (tertiary/aromatic N) is 4. The van der Waals surface area contributed by atoms with Crippen LogP contribution in [-0.2, 0) is 0 Å². The van der Waals surface area contributed by atoms with Crippen LogP contribution >= 0.6 is 23.8 Å². The molecule has 7 heteroatoms. The van der Waals surface area contributed by atoms with Crippen LogP contribution in [0.25, 0.3) is 5.69 Å². The molecule has 2 aliphatic rings. The summed E-state index contributed by atoms with van der Waals surface area (Å²) < 4.78 is 2.15. The van der Waals surface area contributed by atoms with E-state index in [-0.39, 0.29) is 12.1 Å². The standard InChI is InChI=1S/C30H30ClN5S/c1-21-12-16-34(17-13-21)27-11-10-24(19-25(27)31)36-29(28(33-30(36)37)26-9-5-6-15-32-26)22-14-18-35(20-22)23-7-3-2-4-8-23/h2-11,14-15,18-21,28-29H,12-13,16-17H2,1H3,(H,33,37)/t28-,29-/m1/s1. The molecule has 2 saturated heterocycles. The summed E-state index contributed by atoms with van der Waals surface area (Å²) in [4.78, 5) is 9.27. The highest BCUT2D eigenvalue weighted by atomic mass is 35.5. The zero-order valence-corrected chi connectivity index (χ0v) is 22.4. The first-order chi connectivity index (χ1) is 18.1. The van der Waals surface area contributed by atoms with Crippen molar-refractivity contribution in [2.45, 2.75) is 31.8 Å². The normalized spacial score (nSPS) is 20.3. The summed E-state index contributed by atoms with van der Waals surface area (Å²) in [6.07, 6.45) is 8.52. The summed E-state index contributed by atoms with van der Waals surface area (Å²) >= 11 is 12.8. The zero-order chi connectivity index (χ0) is 25.4. The predicted molar refractivity (Wildman–Crippen MR) is 156 cm³/mol. The maximum Gasteiger partial charge on any atom is 0.174 e. The van der Waals surface area contributed by atoms with E-state index in [4.69, 9.17) is 23.8 Å². The van der Waals surface area contributed by atoms with E-state index in [0.29, 0.717) is 5.11 Å². The van der Waals surface area contributed by atoms with Crippen molar-refractivity contribution in [1.29, 1.82) is 0 Å².